The van der Waals surface area contributed by atoms with Gasteiger partial charge < -0.3 is 19.5 Å². The second-order valence-electron chi connectivity index (χ2n) is 6.71. The third-order valence-electron chi connectivity index (χ3n) is 4.83. The van der Waals surface area contributed by atoms with Crippen LogP contribution in [0.15, 0.2) is 41.2 Å². The molecular formula is C22H25N3O5. The van der Waals surface area contributed by atoms with Crippen molar-refractivity contribution >= 4 is 16.8 Å². The molecule has 2 aromatic carbocycles. The number of methoxy groups -OCH3 is 3. The van der Waals surface area contributed by atoms with Crippen molar-refractivity contribution in [3.8, 4) is 17.2 Å². The van der Waals surface area contributed by atoms with Crippen LogP contribution < -0.4 is 25.1 Å². The summed E-state index contributed by atoms with van der Waals surface area (Å²) in [5.41, 5.74) is 1.23. The van der Waals surface area contributed by atoms with Crippen molar-refractivity contribution in [2.24, 2.45) is 0 Å². The molecule has 0 fully saturated rings. The molecule has 3 aromatic rings. The van der Waals surface area contributed by atoms with Gasteiger partial charge in [0.1, 0.15) is 11.6 Å². The first-order valence-electron chi connectivity index (χ1n) is 9.49. The van der Waals surface area contributed by atoms with E-state index in [0.29, 0.717) is 41.3 Å². The molecule has 0 atom stereocenters. The average molecular weight is 411 g/mol. The zero-order valence-electron chi connectivity index (χ0n) is 17.5. The quantitative estimate of drug-likeness (QED) is 0.610. The van der Waals surface area contributed by atoms with Crippen LogP contribution in [0, 0.1) is 6.92 Å². The zero-order chi connectivity index (χ0) is 21.7. The van der Waals surface area contributed by atoms with Gasteiger partial charge >= 0.3 is 0 Å². The molecule has 0 saturated heterocycles. The summed E-state index contributed by atoms with van der Waals surface area (Å²) in [5.74, 6) is 2.16. The Hall–Kier alpha value is -3.55. The lowest BCUT2D eigenvalue weighted by Gasteiger charge is -2.13. The fourth-order valence-corrected chi connectivity index (χ4v) is 3.22. The first-order valence-corrected chi connectivity index (χ1v) is 9.49. The summed E-state index contributed by atoms with van der Waals surface area (Å²) in [5, 5.41) is 3.28. The lowest BCUT2D eigenvalue weighted by molar-refractivity contribution is -0.120. The van der Waals surface area contributed by atoms with E-state index in [1.807, 2.05) is 24.3 Å². The highest BCUT2D eigenvalue weighted by molar-refractivity contribution is 5.82. The summed E-state index contributed by atoms with van der Waals surface area (Å²) in [4.78, 5) is 29.7. The molecule has 0 saturated carbocycles. The van der Waals surface area contributed by atoms with Crippen LogP contribution in [0.2, 0.25) is 0 Å². The van der Waals surface area contributed by atoms with Crippen molar-refractivity contribution in [1.82, 2.24) is 14.9 Å². The van der Waals surface area contributed by atoms with E-state index in [-0.39, 0.29) is 17.9 Å². The molecule has 8 nitrogen and oxygen atoms in total. The number of aryl methyl sites for hydroxylation is 1. The van der Waals surface area contributed by atoms with E-state index in [0.717, 1.165) is 11.3 Å². The number of carbonyl (C=O) groups excluding carboxylic acids is 1. The topological polar surface area (TPSA) is 91.7 Å². The number of hydrogen-bond acceptors (Lipinski definition) is 6. The molecule has 0 unspecified atom stereocenters. The maximum Gasteiger partial charge on any atom is 0.261 e. The molecule has 0 bridgehead atoms. The Labute approximate surface area is 174 Å². The number of ether oxygens (including phenoxy) is 3. The van der Waals surface area contributed by atoms with Gasteiger partial charge in [0, 0.05) is 19.2 Å². The van der Waals surface area contributed by atoms with Crippen molar-refractivity contribution in [2.75, 3.05) is 27.9 Å². The summed E-state index contributed by atoms with van der Waals surface area (Å²) < 4.78 is 17.2. The van der Waals surface area contributed by atoms with E-state index in [1.165, 1.54) is 14.2 Å². The highest BCUT2D eigenvalue weighted by Gasteiger charge is 2.13. The van der Waals surface area contributed by atoms with Gasteiger partial charge in [0.15, 0.2) is 11.5 Å². The van der Waals surface area contributed by atoms with Gasteiger partial charge in [0.05, 0.1) is 38.7 Å². The summed E-state index contributed by atoms with van der Waals surface area (Å²) in [7, 11) is 4.65. The van der Waals surface area contributed by atoms with Gasteiger partial charge in [-0.05, 0) is 30.7 Å². The van der Waals surface area contributed by atoms with Crippen LogP contribution in [0.1, 0.15) is 11.4 Å². The highest BCUT2D eigenvalue weighted by Crippen LogP contribution is 2.30. The Bertz CT molecular complexity index is 1110. The smallest absolute Gasteiger partial charge is 0.261 e. The average Bonchev–Trinajstić information content (AvgIpc) is 2.75. The zero-order valence-corrected chi connectivity index (χ0v) is 17.5. The van der Waals surface area contributed by atoms with Crippen LogP contribution in [0.5, 0.6) is 17.2 Å². The molecular weight excluding hydrogens is 386 g/mol. The van der Waals surface area contributed by atoms with Crippen molar-refractivity contribution < 1.29 is 19.0 Å². The van der Waals surface area contributed by atoms with E-state index in [9.17, 15) is 9.59 Å². The normalized spacial score (nSPS) is 10.7. The van der Waals surface area contributed by atoms with Crippen molar-refractivity contribution in [3.05, 3.63) is 58.1 Å². The Kier molecular flexibility index (Phi) is 6.56. The molecule has 1 aromatic heterocycles. The highest BCUT2D eigenvalue weighted by atomic mass is 16.5. The van der Waals surface area contributed by atoms with E-state index in [2.05, 4.69) is 10.3 Å². The second-order valence-corrected chi connectivity index (χ2v) is 6.71. The minimum atomic E-state index is -0.192. The van der Waals surface area contributed by atoms with E-state index < -0.39 is 0 Å². The molecule has 0 aliphatic rings. The number of aromatic nitrogens is 2. The minimum absolute atomic E-state index is 0.119. The van der Waals surface area contributed by atoms with Crippen LogP contribution in [-0.2, 0) is 17.8 Å². The van der Waals surface area contributed by atoms with Gasteiger partial charge in [-0.25, -0.2) is 4.98 Å². The van der Waals surface area contributed by atoms with Gasteiger partial charge in [-0.1, -0.05) is 12.1 Å². The number of nitrogens with one attached hydrogen (secondary N) is 1. The number of hydrogen-bond donors (Lipinski definition) is 1. The molecule has 0 aliphatic carbocycles. The molecule has 0 radical (unpaired) electrons. The molecule has 1 N–H and O–H groups in total. The van der Waals surface area contributed by atoms with Gasteiger partial charge in [0.2, 0.25) is 5.91 Å². The second kappa shape index (κ2) is 9.30. The number of rotatable bonds is 8. The molecule has 8 heteroatoms. The fraction of sp³-hybridized carbons (Fsp3) is 0.318. The summed E-state index contributed by atoms with van der Waals surface area (Å²) in [6, 6.07) is 10.6. The third kappa shape index (κ3) is 4.53. The van der Waals surface area contributed by atoms with Crippen LogP contribution >= 0.6 is 0 Å². The molecule has 3 rings (SSSR count). The standard InChI is InChI=1S/C22H25N3O5/c1-14-24-18-13-20(30-4)19(29-3)12-17(18)22(27)25(14)10-9-23-21(26)11-15-5-7-16(28-2)8-6-15/h5-8,12-13H,9-11H2,1-4H3,(H,23,26). The maximum atomic E-state index is 12.9. The van der Waals surface area contributed by atoms with Crippen LogP contribution in [0.3, 0.4) is 0 Å². The van der Waals surface area contributed by atoms with Crippen molar-refractivity contribution in [3.63, 3.8) is 0 Å². The largest absolute Gasteiger partial charge is 0.497 e. The Morgan fingerprint density at radius 1 is 1.03 bits per heavy atom. The number of carbonyl (C=O) groups is 1. The van der Waals surface area contributed by atoms with Gasteiger partial charge in [-0.2, -0.15) is 0 Å². The molecule has 30 heavy (non-hydrogen) atoms. The number of benzene rings is 2. The molecule has 1 amide bonds. The summed E-state index contributed by atoms with van der Waals surface area (Å²) in [6.07, 6.45) is 0.255. The SMILES string of the molecule is COc1ccc(CC(=O)NCCn2c(C)nc3cc(OC)c(OC)cc3c2=O)cc1. The summed E-state index contributed by atoms with van der Waals surface area (Å²) in [6.45, 7) is 2.39. The van der Waals surface area contributed by atoms with Crippen LogP contribution in [0.4, 0.5) is 0 Å². The number of amides is 1. The van der Waals surface area contributed by atoms with Crippen molar-refractivity contribution in [2.45, 2.75) is 19.9 Å². The summed E-state index contributed by atoms with van der Waals surface area (Å²) >= 11 is 0. The molecule has 0 spiro atoms. The van der Waals surface area contributed by atoms with E-state index >= 15 is 0 Å². The van der Waals surface area contributed by atoms with Gasteiger partial charge in [-0.3, -0.25) is 14.2 Å². The first-order chi connectivity index (χ1) is 14.5. The third-order valence-corrected chi connectivity index (χ3v) is 4.83. The van der Waals surface area contributed by atoms with Gasteiger partial charge in [-0.15, -0.1) is 0 Å². The number of fused-ring (bicyclic) bond motifs is 1. The molecule has 1 heterocycles. The lowest BCUT2D eigenvalue weighted by Crippen LogP contribution is -2.33. The lowest BCUT2D eigenvalue weighted by atomic mass is 10.1. The first kappa shape index (κ1) is 21.2. The Morgan fingerprint density at radius 2 is 1.70 bits per heavy atom. The molecule has 0 aliphatic heterocycles. The predicted molar refractivity (Wildman–Crippen MR) is 114 cm³/mol. The molecule has 158 valence electrons. The Morgan fingerprint density at radius 3 is 2.33 bits per heavy atom. The van der Waals surface area contributed by atoms with E-state index in [1.54, 1.807) is 30.7 Å². The number of nitrogens with zero attached hydrogens (tertiary/aromatic N) is 2. The predicted octanol–water partition coefficient (Wildman–Crippen LogP) is 2.09. The van der Waals surface area contributed by atoms with Gasteiger partial charge in [0.25, 0.3) is 5.56 Å². The van der Waals surface area contributed by atoms with E-state index in [4.69, 9.17) is 14.2 Å². The fourth-order valence-electron chi connectivity index (χ4n) is 3.22. The maximum absolute atomic E-state index is 12.9. The van der Waals surface area contributed by atoms with Crippen LogP contribution in [0.25, 0.3) is 10.9 Å². The van der Waals surface area contributed by atoms with Crippen LogP contribution in [-0.4, -0.2) is 43.3 Å². The monoisotopic (exact) mass is 411 g/mol. The minimum Gasteiger partial charge on any atom is -0.497 e. The van der Waals surface area contributed by atoms with Crippen molar-refractivity contribution in [1.29, 1.82) is 0 Å². The Balaban J connectivity index is 1.70.